The fourth-order valence-corrected chi connectivity index (χ4v) is 6.31. The van der Waals surface area contributed by atoms with Crippen LogP contribution < -0.4 is 29.6 Å². The van der Waals surface area contributed by atoms with Crippen molar-refractivity contribution in [1.82, 2.24) is 15.5 Å². The fraction of sp³-hybridized carbons (Fsp3) is 0.436. The van der Waals surface area contributed by atoms with E-state index in [-0.39, 0.29) is 22.6 Å². The Morgan fingerprint density at radius 3 is 1.35 bits per heavy atom. The molecular weight excluding hydrogens is 606 g/mol. The Balaban J connectivity index is 1.14. The number of hydrogen-bond acceptors (Lipinski definition) is 7. The number of ether oxygens (including phenoxy) is 4. The molecule has 0 atom stereocenters. The summed E-state index contributed by atoms with van der Waals surface area (Å²) in [5.41, 5.74) is 6.00. The van der Waals surface area contributed by atoms with Gasteiger partial charge < -0.3 is 34.5 Å². The van der Waals surface area contributed by atoms with Gasteiger partial charge in [-0.1, -0.05) is 52.0 Å². The van der Waals surface area contributed by atoms with Gasteiger partial charge in [-0.2, -0.15) is 0 Å². The molecule has 2 aromatic carbocycles. The summed E-state index contributed by atoms with van der Waals surface area (Å²) in [6.07, 6.45) is 12.8. The molecule has 4 rings (SSSR count). The van der Waals surface area contributed by atoms with Gasteiger partial charge in [0, 0.05) is 36.1 Å². The van der Waals surface area contributed by atoms with Crippen LogP contribution in [-0.4, -0.2) is 78.4 Å². The maximum Gasteiger partial charge on any atom is 0.243 e. The highest BCUT2D eigenvalue weighted by atomic mass is 16.5. The molecule has 0 saturated heterocycles. The predicted octanol–water partition coefficient (Wildman–Crippen LogP) is 5.83. The van der Waals surface area contributed by atoms with E-state index in [2.05, 4.69) is 62.4 Å². The Hall–Kier alpha value is -4.50. The van der Waals surface area contributed by atoms with E-state index in [9.17, 15) is 9.59 Å². The molecule has 0 fully saturated rings. The van der Waals surface area contributed by atoms with Gasteiger partial charge in [0.2, 0.25) is 11.8 Å². The number of carbonyl (C=O) groups is 2. The second kappa shape index (κ2) is 15.6. The van der Waals surface area contributed by atoms with Crippen LogP contribution >= 0.6 is 0 Å². The Bertz CT molecular complexity index is 1510. The summed E-state index contributed by atoms with van der Waals surface area (Å²) >= 11 is 0. The van der Waals surface area contributed by atoms with Crippen LogP contribution in [0.4, 0.5) is 0 Å². The van der Waals surface area contributed by atoms with Crippen molar-refractivity contribution in [2.24, 2.45) is 0 Å². The van der Waals surface area contributed by atoms with Crippen LogP contribution in [0.15, 0.2) is 59.7 Å². The van der Waals surface area contributed by atoms with Crippen LogP contribution in [-0.2, 0) is 20.4 Å². The molecule has 258 valence electrons. The lowest BCUT2D eigenvalue weighted by Gasteiger charge is -2.23. The number of hydrogen-bond donors (Lipinski definition) is 2. The highest BCUT2D eigenvalue weighted by Gasteiger charge is 2.34. The van der Waals surface area contributed by atoms with Crippen molar-refractivity contribution in [2.75, 3.05) is 61.7 Å². The zero-order chi connectivity index (χ0) is 35.1. The van der Waals surface area contributed by atoms with Crippen LogP contribution in [0.3, 0.4) is 0 Å². The van der Waals surface area contributed by atoms with Gasteiger partial charge in [-0.3, -0.25) is 9.59 Å². The maximum absolute atomic E-state index is 12.5. The number of benzene rings is 2. The fourth-order valence-electron chi connectivity index (χ4n) is 6.31. The maximum atomic E-state index is 12.5. The first-order valence-corrected chi connectivity index (χ1v) is 16.4. The molecule has 2 aromatic rings. The Morgan fingerprint density at radius 1 is 0.646 bits per heavy atom. The molecule has 9 heteroatoms. The first-order chi connectivity index (χ1) is 22.8. The molecular formula is C39H51N3O6. The SMILES string of the molecule is COc1cc2c(cc1OC)C(C)(C)C(C=CC(=O)NCCCN(C)CCCNC(=O)C=CC1=Cc3cc(OC)c(OC)cc3C1(C)C)=C2. The average Bonchev–Trinajstić information content (AvgIpc) is 3.47. The van der Waals surface area contributed by atoms with E-state index in [1.807, 2.05) is 36.4 Å². The highest BCUT2D eigenvalue weighted by Crippen LogP contribution is 2.47. The Kier molecular flexibility index (Phi) is 11.8. The quantitative estimate of drug-likeness (QED) is 0.173. The average molecular weight is 658 g/mol. The summed E-state index contributed by atoms with van der Waals surface area (Å²) in [7, 11) is 8.57. The third-order valence-electron chi connectivity index (χ3n) is 9.38. The summed E-state index contributed by atoms with van der Waals surface area (Å²) < 4.78 is 21.9. The van der Waals surface area contributed by atoms with E-state index in [1.165, 1.54) is 0 Å². The Labute approximate surface area is 285 Å². The predicted molar refractivity (Wildman–Crippen MR) is 192 cm³/mol. The number of amides is 2. The van der Waals surface area contributed by atoms with E-state index in [1.54, 1.807) is 40.6 Å². The molecule has 2 aliphatic rings. The molecule has 2 amide bonds. The number of fused-ring (bicyclic) bond motifs is 2. The van der Waals surface area contributed by atoms with Crippen molar-refractivity contribution in [1.29, 1.82) is 0 Å². The third kappa shape index (κ3) is 8.13. The molecule has 0 unspecified atom stereocenters. The molecule has 2 aliphatic carbocycles. The lowest BCUT2D eigenvalue weighted by molar-refractivity contribution is -0.117. The molecule has 0 spiro atoms. The molecule has 0 radical (unpaired) electrons. The lowest BCUT2D eigenvalue weighted by atomic mass is 9.81. The van der Waals surface area contributed by atoms with Crippen molar-refractivity contribution in [2.45, 2.75) is 51.4 Å². The lowest BCUT2D eigenvalue weighted by Crippen LogP contribution is -2.30. The number of allylic oxidation sites excluding steroid dienone is 4. The number of methoxy groups -OCH3 is 4. The molecule has 0 bridgehead atoms. The van der Waals surface area contributed by atoms with Crippen LogP contribution in [0.1, 0.15) is 62.8 Å². The van der Waals surface area contributed by atoms with Crippen molar-refractivity contribution < 1.29 is 28.5 Å². The number of rotatable bonds is 16. The molecule has 0 aliphatic heterocycles. The van der Waals surface area contributed by atoms with E-state index in [0.717, 1.165) is 59.3 Å². The highest BCUT2D eigenvalue weighted by molar-refractivity contribution is 5.89. The minimum absolute atomic E-state index is 0.115. The van der Waals surface area contributed by atoms with Crippen LogP contribution in [0.2, 0.25) is 0 Å². The summed E-state index contributed by atoms with van der Waals surface area (Å²) in [5, 5.41) is 5.98. The van der Waals surface area contributed by atoms with Crippen molar-refractivity contribution in [3.63, 3.8) is 0 Å². The molecule has 0 saturated carbocycles. The number of carbonyl (C=O) groups excluding carboxylic acids is 2. The standard InChI is InChI=1S/C39H51N3O6/c1-38(2)28(20-26-22-32(45-6)34(47-8)24-30(26)38)12-14-36(43)40-16-10-18-42(5)19-11-17-41-37(44)15-13-29-21-27-23-33(46-7)35(48-9)25-31(27)39(29,3)4/h12-15,20-25H,10-11,16-19H2,1-9H3,(H,40,43)(H,41,44). The summed E-state index contributed by atoms with van der Waals surface area (Å²) in [6, 6.07) is 7.98. The van der Waals surface area contributed by atoms with Gasteiger partial charge in [0.25, 0.3) is 0 Å². The van der Waals surface area contributed by atoms with E-state index in [4.69, 9.17) is 18.9 Å². The molecule has 2 N–H and O–H groups in total. The minimum Gasteiger partial charge on any atom is -0.493 e. The second-order valence-corrected chi connectivity index (χ2v) is 13.3. The van der Waals surface area contributed by atoms with Gasteiger partial charge >= 0.3 is 0 Å². The third-order valence-corrected chi connectivity index (χ3v) is 9.38. The Morgan fingerprint density at radius 2 is 1.00 bits per heavy atom. The zero-order valence-corrected chi connectivity index (χ0v) is 29.9. The van der Waals surface area contributed by atoms with Gasteiger partial charge in [-0.05, 0) is 90.6 Å². The van der Waals surface area contributed by atoms with E-state index in [0.29, 0.717) is 36.1 Å². The first kappa shape index (κ1) is 36.3. The molecule has 48 heavy (non-hydrogen) atoms. The van der Waals surface area contributed by atoms with E-state index >= 15 is 0 Å². The van der Waals surface area contributed by atoms with E-state index < -0.39 is 0 Å². The minimum atomic E-state index is -0.259. The van der Waals surface area contributed by atoms with Gasteiger partial charge in [0.05, 0.1) is 28.4 Å². The number of nitrogens with zero attached hydrogens (tertiary/aromatic N) is 1. The second-order valence-electron chi connectivity index (χ2n) is 13.3. The first-order valence-electron chi connectivity index (χ1n) is 16.4. The number of nitrogens with one attached hydrogen (secondary N) is 2. The van der Waals surface area contributed by atoms with Gasteiger partial charge in [0.15, 0.2) is 23.0 Å². The van der Waals surface area contributed by atoms with Crippen LogP contribution in [0.5, 0.6) is 23.0 Å². The molecule has 0 heterocycles. The topological polar surface area (TPSA) is 98.4 Å². The van der Waals surface area contributed by atoms with Gasteiger partial charge in [0.1, 0.15) is 0 Å². The normalized spacial score (nSPS) is 15.6. The van der Waals surface area contributed by atoms with Crippen molar-refractivity contribution in [3.8, 4) is 23.0 Å². The van der Waals surface area contributed by atoms with Crippen molar-refractivity contribution in [3.05, 3.63) is 82.0 Å². The molecule has 9 nitrogen and oxygen atoms in total. The smallest absolute Gasteiger partial charge is 0.243 e. The summed E-state index contributed by atoms with van der Waals surface area (Å²) in [6.45, 7) is 11.4. The van der Waals surface area contributed by atoms with Crippen LogP contribution in [0.25, 0.3) is 12.2 Å². The monoisotopic (exact) mass is 657 g/mol. The largest absolute Gasteiger partial charge is 0.493 e. The molecule has 0 aromatic heterocycles. The van der Waals surface area contributed by atoms with Crippen molar-refractivity contribution >= 4 is 24.0 Å². The summed E-state index contributed by atoms with van der Waals surface area (Å²) in [4.78, 5) is 27.3. The van der Waals surface area contributed by atoms with Gasteiger partial charge in [-0.15, -0.1) is 0 Å². The van der Waals surface area contributed by atoms with Crippen LogP contribution in [0, 0.1) is 0 Å². The van der Waals surface area contributed by atoms with Gasteiger partial charge in [-0.25, -0.2) is 0 Å². The summed E-state index contributed by atoms with van der Waals surface area (Å²) in [5.74, 6) is 2.53. The zero-order valence-electron chi connectivity index (χ0n) is 29.9.